The molecule has 118 valence electrons. The number of anilines is 2. The zero-order valence-electron chi connectivity index (χ0n) is 12.0. The molecule has 1 aliphatic rings. The van der Waals surface area contributed by atoms with Gasteiger partial charge in [-0.05, 0) is 22.4 Å². The van der Waals surface area contributed by atoms with E-state index < -0.39 is 15.2 Å². The lowest BCUT2D eigenvalue weighted by molar-refractivity contribution is 0.583. The van der Waals surface area contributed by atoms with Crippen LogP contribution in [0.4, 0.5) is 11.8 Å². The van der Waals surface area contributed by atoms with Crippen LogP contribution in [-0.4, -0.2) is 54.6 Å². The molecule has 2 heterocycles. The van der Waals surface area contributed by atoms with Crippen molar-refractivity contribution in [3.63, 3.8) is 0 Å². The van der Waals surface area contributed by atoms with Crippen molar-refractivity contribution in [1.29, 1.82) is 0 Å². The number of aromatic nitrogens is 2. The molecule has 1 aliphatic heterocycles. The third-order valence-corrected chi connectivity index (χ3v) is 6.31. The van der Waals surface area contributed by atoms with Crippen LogP contribution in [0.2, 0.25) is 0 Å². The Morgan fingerprint density at radius 2 is 2.33 bits per heavy atom. The number of thioether (sulfide) groups is 1. The molecule has 6 nitrogen and oxygen atoms in total. The second-order valence-electron chi connectivity index (χ2n) is 4.84. The Hall–Kier alpha value is -0.540. The zero-order chi connectivity index (χ0) is 15.5. The Bertz CT molecular complexity index is 597. The first-order chi connectivity index (χ1) is 9.93. The van der Waals surface area contributed by atoms with E-state index in [-0.39, 0.29) is 0 Å². The fraction of sp³-hybridized carbons (Fsp3) is 0.667. The van der Waals surface area contributed by atoms with E-state index in [1.807, 2.05) is 4.90 Å². The van der Waals surface area contributed by atoms with Crippen LogP contribution in [0, 0.1) is 0 Å². The number of sulfone groups is 1. The van der Waals surface area contributed by atoms with Crippen LogP contribution in [0.25, 0.3) is 0 Å². The molecule has 0 radical (unpaired) electrons. The molecule has 21 heavy (non-hydrogen) atoms. The maximum atomic E-state index is 12.0. The molecule has 0 saturated carbocycles. The summed E-state index contributed by atoms with van der Waals surface area (Å²) in [6, 6.07) is 0. The highest BCUT2D eigenvalue weighted by Crippen LogP contribution is 2.31. The van der Waals surface area contributed by atoms with Gasteiger partial charge >= 0.3 is 0 Å². The number of halogens is 1. The van der Waals surface area contributed by atoms with E-state index in [9.17, 15) is 8.42 Å². The molecule has 0 bridgehead atoms. The fourth-order valence-corrected chi connectivity index (χ4v) is 5.30. The quantitative estimate of drug-likeness (QED) is 0.817. The second kappa shape index (κ2) is 7.15. The molecule has 0 aromatic carbocycles. The third-order valence-electron chi connectivity index (χ3n) is 3.11. The molecule has 1 aromatic heterocycles. The van der Waals surface area contributed by atoms with Crippen molar-refractivity contribution >= 4 is 49.3 Å². The highest BCUT2D eigenvalue weighted by molar-refractivity contribution is 9.10. The van der Waals surface area contributed by atoms with Gasteiger partial charge in [0.2, 0.25) is 5.95 Å². The average Bonchev–Trinajstić information content (AvgIpc) is 2.45. The highest BCUT2D eigenvalue weighted by Gasteiger charge is 2.33. The summed E-state index contributed by atoms with van der Waals surface area (Å²) in [6.07, 6.45) is 3.92. The van der Waals surface area contributed by atoms with E-state index in [1.54, 1.807) is 18.0 Å². The maximum absolute atomic E-state index is 12.0. The molecule has 0 amide bonds. The molecule has 1 saturated heterocycles. The van der Waals surface area contributed by atoms with Crippen molar-refractivity contribution in [2.24, 2.45) is 0 Å². The Balaban J connectivity index is 2.33. The van der Waals surface area contributed by atoms with Crippen LogP contribution in [-0.2, 0) is 9.84 Å². The number of hydrogen-bond donors (Lipinski definition) is 1. The van der Waals surface area contributed by atoms with Crippen molar-refractivity contribution < 1.29 is 8.42 Å². The maximum Gasteiger partial charge on any atom is 0.224 e. The largest absolute Gasteiger partial charge is 0.354 e. The summed E-state index contributed by atoms with van der Waals surface area (Å²) in [5.74, 6) is 2.62. The molecule has 2 rings (SSSR count). The van der Waals surface area contributed by atoms with Gasteiger partial charge in [-0.15, -0.1) is 0 Å². The number of nitrogens with one attached hydrogen (secondary N) is 1. The lowest BCUT2D eigenvalue weighted by Crippen LogP contribution is -2.47. The number of hydrogen-bond acceptors (Lipinski definition) is 7. The first-order valence-electron chi connectivity index (χ1n) is 6.73. The van der Waals surface area contributed by atoms with Crippen LogP contribution >= 0.6 is 27.7 Å². The SMILES string of the molecule is CCCNc1ncc(Br)c(N2CCSCC2S(C)(=O)=O)n1. The fourth-order valence-electron chi connectivity index (χ4n) is 2.06. The van der Waals surface area contributed by atoms with Gasteiger partial charge in [-0.3, -0.25) is 0 Å². The molecular weight excluding hydrogens is 376 g/mol. The van der Waals surface area contributed by atoms with Crippen LogP contribution in [0.15, 0.2) is 10.7 Å². The number of nitrogens with zero attached hydrogens (tertiary/aromatic N) is 3. The van der Waals surface area contributed by atoms with Gasteiger partial charge in [0, 0.05) is 37.0 Å². The van der Waals surface area contributed by atoms with E-state index in [0.29, 0.717) is 28.5 Å². The number of rotatable bonds is 5. The minimum absolute atomic E-state index is 0.528. The van der Waals surface area contributed by atoms with Gasteiger partial charge in [0.1, 0.15) is 11.2 Å². The summed E-state index contributed by atoms with van der Waals surface area (Å²) in [5.41, 5.74) is 0. The highest BCUT2D eigenvalue weighted by atomic mass is 79.9. The first-order valence-corrected chi connectivity index (χ1v) is 10.6. The van der Waals surface area contributed by atoms with Crippen LogP contribution in [0.3, 0.4) is 0 Å². The van der Waals surface area contributed by atoms with Crippen molar-refractivity contribution in [1.82, 2.24) is 9.97 Å². The molecule has 1 unspecified atom stereocenters. The van der Waals surface area contributed by atoms with Gasteiger partial charge < -0.3 is 10.2 Å². The lowest BCUT2D eigenvalue weighted by Gasteiger charge is -2.35. The summed E-state index contributed by atoms with van der Waals surface area (Å²) in [5, 5.41) is 2.59. The van der Waals surface area contributed by atoms with Crippen molar-refractivity contribution in [3.8, 4) is 0 Å². The Morgan fingerprint density at radius 1 is 1.57 bits per heavy atom. The van der Waals surface area contributed by atoms with E-state index in [0.717, 1.165) is 18.7 Å². The smallest absolute Gasteiger partial charge is 0.224 e. The zero-order valence-corrected chi connectivity index (χ0v) is 15.3. The minimum Gasteiger partial charge on any atom is -0.354 e. The second-order valence-corrected chi connectivity index (χ2v) is 9.05. The summed E-state index contributed by atoms with van der Waals surface area (Å²) in [6.45, 7) is 3.51. The molecule has 1 fully saturated rings. The normalized spacial score (nSPS) is 19.6. The van der Waals surface area contributed by atoms with Crippen molar-refractivity contribution in [3.05, 3.63) is 10.7 Å². The van der Waals surface area contributed by atoms with Crippen LogP contribution in [0.5, 0.6) is 0 Å². The average molecular weight is 395 g/mol. The van der Waals surface area contributed by atoms with Crippen molar-refractivity contribution in [2.45, 2.75) is 18.7 Å². The van der Waals surface area contributed by atoms with Crippen molar-refractivity contribution in [2.75, 3.05) is 41.1 Å². The molecular formula is C12H19BrN4O2S2. The van der Waals surface area contributed by atoms with E-state index >= 15 is 0 Å². The van der Waals surface area contributed by atoms with Crippen LogP contribution in [0.1, 0.15) is 13.3 Å². The Morgan fingerprint density at radius 3 is 3.00 bits per heavy atom. The molecule has 9 heteroatoms. The topological polar surface area (TPSA) is 75.2 Å². The van der Waals surface area contributed by atoms with Gasteiger partial charge in [-0.2, -0.15) is 16.7 Å². The van der Waals surface area contributed by atoms with Crippen LogP contribution < -0.4 is 10.2 Å². The molecule has 1 aromatic rings. The summed E-state index contributed by atoms with van der Waals surface area (Å²) >= 11 is 5.09. The monoisotopic (exact) mass is 394 g/mol. The van der Waals surface area contributed by atoms with E-state index in [2.05, 4.69) is 38.1 Å². The molecule has 0 aliphatic carbocycles. The summed E-state index contributed by atoms with van der Waals surface area (Å²) in [7, 11) is -3.17. The Kier molecular flexibility index (Phi) is 5.73. The van der Waals surface area contributed by atoms with Gasteiger partial charge in [-0.1, -0.05) is 6.92 Å². The van der Waals surface area contributed by atoms with Gasteiger partial charge in [0.15, 0.2) is 9.84 Å². The summed E-state index contributed by atoms with van der Waals surface area (Å²) < 4.78 is 24.7. The molecule has 0 spiro atoms. The standard InChI is InChI=1S/C12H19BrN4O2S2/c1-3-4-14-12-15-7-9(13)11(16-12)17-5-6-20-8-10(17)21(2,18)19/h7,10H,3-6,8H2,1-2H3,(H,14,15,16). The predicted octanol–water partition coefficient (Wildman–Crippen LogP) is 1.98. The third kappa shape index (κ3) is 4.23. The van der Waals surface area contributed by atoms with E-state index in [4.69, 9.17) is 0 Å². The Labute approximate surface area is 138 Å². The van der Waals surface area contributed by atoms with Gasteiger partial charge in [0.25, 0.3) is 0 Å². The molecule has 1 N–H and O–H groups in total. The lowest BCUT2D eigenvalue weighted by atomic mass is 10.4. The van der Waals surface area contributed by atoms with Gasteiger partial charge in [-0.25, -0.2) is 13.4 Å². The minimum atomic E-state index is -3.17. The first kappa shape index (κ1) is 16.8. The molecule has 1 atom stereocenters. The van der Waals surface area contributed by atoms with Gasteiger partial charge in [0.05, 0.1) is 4.47 Å². The van der Waals surface area contributed by atoms with E-state index in [1.165, 1.54) is 6.26 Å². The predicted molar refractivity (Wildman–Crippen MR) is 91.8 cm³/mol. The summed E-state index contributed by atoms with van der Waals surface area (Å²) in [4.78, 5) is 10.5.